The molecule has 5 nitrogen and oxygen atoms in total. The number of amides is 2. The first-order valence-electron chi connectivity index (χ1n) is 8.64. The van der Waals surface area contributed by atoms with E-state index in [0.717, 1.165) is 30.4 Å². The largest absolute Gasteiger partial charge is 0.383 e. The summed E-state index contributed by atoms with van der Waals surface area (Å²) in [6.45, 7) is 1.88. The lowest BCUT2D eigenvalue weighted by atomic mass is 10.0. The molecule has 128 valence electrons. The lowest BCUT2D eigenvalue weighted by Gasteiger charge is -2.30. The highest BCUT2D eigenvalue weighted by atomic mass is 16.3. The molecular formula is C19H24N2O3. The van der Waals surface area contributed by atoms with Crippen LogP contribution >= 0.6 is 0 Å². The molecule has 1 unspecified atom stereocenters. The fourth-order valence-corrected chi connectivity index (χ4v) is 3.32. The molecule has 1 aromatic carbocycles. The molecule has 0 radical (unpaired) electrons. The van der Waals surface area contributed by atoms with Gasteiger partial charge in [0.15, 0.2) is 0 Å². The molecule has 0 aliphatic carbocycles. The number of aliphatic hydroxyl groups excluding tert-OH is 1. The molecular weight excluding hydrogens is 304 g/mol. The predicted molar refractivity (Wildman–Crippen MR) is 92.1 cm³/mol. The third-order valence-electron chi connectivity index (χ3n) is 4.73. The van der Waals surface area contributed by atoms with E-state index in [-0.39, 0.29) is 18.4 Å². The lowest BCUT2D eigenvalue weighted by Crippen LogP contribution is -2.46. The Balaban J connectivity index is 1.63. The third kappa shape index (κ3) is 3.85. The lowest BCUT2D eigenvalue weighted by molar-refractivity contribution is -0.145. The minimum atomic E-state index is -0.957. The SMILES string of the molecule is O=C(CN1CCCCC(O)C1=O)N1CCC=C(c2ccccc2)C1. The molecule has 0 saturated carbocycles. The van der Waals surface area contributed by atoms with E-state index in [1.54, 1.807) is 0 Å². The smallest absolute Gasteiger partial charge is 0.251 e. The molecule has 5 heteroatoms. The standard InChI is InChI=1S/C19H24N2O3/c22-17-10-4-5-11-21(19(17)24)14-18(23)20-12-6-9-16(13-20)15-7-2-1-3-8-15/h1-3,7-9,17,22H,4-6,10-14H2. The topological polar surface area (TPSA) is 60.9 Å². The number of likely N-dealkylation sites (tertiary alicyclic amines) is 1. The Hall–Kier alpha value is -2.14. The van der Waals surface area contributed by atoms with E-state index in [4.69, 9.17) is 0 Å². The molecule has 3 rings (SSSR count). The van der Waals surface area contributed by atoms with Gasteiger partial charge in [0.2, 0.25) is 5.91 Å². The zero-order valence-corrected chi connectivity index (χ0v) is 13.9. The molecule has 2 aliphatic heterocycles. The van der Waals surface area contributed by atoms with Crippen molar-refractivity contribution in [2.75, 3.05) is 26.2 Å². The van der Waals surface area contributed by atoms with Gasteiger partial charge in [0.1, 0.15) is 6.10 Å². The van der Waals surface area contributed by atoms with Gasteiger partial charge < -0.3 is 14.9 Å². The second-order valence-corrected chi connectivity index (χ2v) is 6.47. The Morgan fingerprint density at radius 3 is 2.75 bits per heavy atom. The maximum absolute atomic E-state index is 12.6. The number of nitrogens with zero attached hydrogens (tertiary/aromatic N) is 2. The van der Waals surface area contributed by atoms with Gasteiger partial charge in [0.25, 0.3) is 5.91 Å². The van der Waals surface area contributed by atoms with Crippen molar-refractivity contribution in [1.82, 2.24) is 9.80 Å². The first kappa shape index (κ1) is 16.7. The van der Waals surface area contributed by atoms with Gasteiger partial charge in [-0.05, 0) is 36.8 Å². The summed E-state index contributed by atoms with van der Waals surface area (Å²) in [5.41, 5.74) is 2.29. The van der Waals surface area contributed by atoms with Gasteiger partial charge in [-0.2, -0.15) is 0 Å². The maximum atomic E-state index is 12.6. The van der Waals surface area contributed by atoms with Gasteiger partial charge in [-0.3, -0.25) is 9.59 Å². The quantitative estimate of drug-likeness (QED) is 0.918. The molecule has 0 aromatic heterocycles. The predicted octanol–water partition coefficient (Wildman–Crippen LogP) is 1.68. The summed E-state index contributed by atoms with van der Waals surface area (Å²) in [7, 11) is 0. The minimum Gasteiger partial charge on any atom is -0.383 e. The van der Waals surface area contributed by atoms with Gasteiger partial charge in [-0.25, -0.2) is 0 Å². The highest BCUT2D eigenvalue weighted by molar-refractivity contribution is 5.88. The Kier molecular flexibility index (Phi) is 5.30. The fraction of sp³-hybridized carbons (Fsp3) is 0.474. The van der Waals surface area contributed by atoms with E-state index in [2.05, 4.69) is 18.2 Å². The van der Waals surface area contributed by atoms with Crippen molar-refractivity contribution in [2.45, 2.75) is 31.8 Å². The average molecular weight is 328 g/mol. The number of carbonyl (C=O) groups is 2. The monoisotopic (exact) mass is 328 g/mol. The zero-order valence-electron chi connectivity index (χ0n) is 13.9. The summed E-state index contributed by atoms with van der Waals surface area (Å²) >= 11 is 0. The van der Waals surface area contributed by atoms with E-state index < -0.39 is 6.10 Å². The van der Waals surface area contributed by atoms with Crippen LogP contribution in [0, 0.1) is 0 Å². The van der Waals surface area contributed by atoms with Gasteiger partial charge in [-0.15, -0.1) is 0 Å². The second-order valence-electron chi connectivity index (χ2n) is 6.47. The van der Waals surface area contributed by atoms with Crippen molar-refractivity contribution in [2.24, 2.45) is 0 Å². The van der Waals surface area contributed by atoms with Gasteiger partial charge in [0.05, 0.1) is 6.54 Å². The Morgan fingerprint density at radius 1 is 1.17 bits per heavy atom. The van der Waals surface area contributed by atoms with Crippen LogP contribution in [0.1, 0.15) is 31.2 Å². The first-order valence-corrected chi connectivity index (χ1v) is 8.64. The molecule has 0 bridgehead atoms. The van der Waals surface area contributed by atoms with E-state index in [9.17, 15) is 14.7 Å². The van der Waals surface area contributed by atoms with Crippen molar-refractivity contribution >= 4 is 17.4 Å². The normalized spacial score (nSPS) is 22.1. The van der Waals surface area contributed by atoms with Gasteiger partial charge in [0, 0.05) is 19.6 Å². The van der Waals surface area contributed by atoms with Crippen LogP contribution in [0.4, 0.5) is 0 Å². The van der Waals surface area contributed by atoms with Crippen LogP contribution in [0.15, 0.2) is 36.4 Å². The van der Waals surface area contributed by atoms with Crippen molar-refractivity contribution in [1.29, 1.82) is 0 Å². The van der Waals surface area contributed by atoms with Crippen LogP contribution in [0.25, 0.3) is 5.57 Å². The van der Waals surface area contributed by atoms with Crippen LogP contribution in [0.5, 0.6) is 0 Å². The van der Waals surface area contributed by atoms with Crippen LogP contribution in [0.2, 0.25) is 0 Å². The van der Waals surface area contributed by atoms with Crippen molar-refractivity contribution in [3.05, 3.63) is 42.0 Å². The van der Waals surface area contributed by atoms with Crippen LogP contribution in [-0.2, 0) is 9.59 Å². The summed E-state index contributed by atoms with van der Waals surface area (Å²) in [6.07, 6.45) is 4.20. The highest BCUT2D eigenvalue weighted by Crippen LogP contribution is 2.21. The molecule has 0 spiro atoms. The summed E-state index contributed by atoms with van der Waals surface area (Å²) in [4.78, 5) is 28.1. The Labute approximate surface area is 142 Å². The third-order valence-corrected chi connectivity index (χ3v) is 4.73. The summed E-state index contributed by atoms with van der Waals surface area (Å²) in [5.74, 6) is -0.351. The van der Waals surface area contributed by atoms with Crippen LogP contribution < -0.4 is 0 Å². The van der Waals surface area contributed by atoms with Crippen molar-refractivity contribution < 1.29 is 14.7 Å². The van der Waals surface area contributed by atoms with E-state index >= 15 is 0 Å². The molecule has 1 fully saturated rings. The molecule has 2 aliphatic rings. The average Bonchev–Trinajstić information content (AvgIpc) is 2.78. The molecule has 24 heavy (non-hydrogen) atoms. The summed E-state index contributed by atoms with van der Waals surface area (Å²) < 4.78 is 0. The molecule has 2 amide bonds. The number of hydrogen-bond donors (Lipinski definition) is 1. The first-order chi connectivity index (χ1) is 11.6. The molecule has 1 aromatic rings. The van der Waals surface area contributed by atoms with Crippen LogP contribution in [-0.4, -0.2) is 59.0 Å². The summed E-state index contributed by atoms with van der Waals surface area (Å²) in [5, 5.41) is 9.82. The van der Waals surface area contributed by atoms with Crippen molar-refractivity contribution in [3.8, 4) is 0 Å². The van der Waals surface area contributed by atoms with E-state index in [1.807, 2.05) is 23.1 Å². The molecule has 1 atom stereocenters. The number of hydrogen-bond acceptors (Lipinski definition) is 3. The Morgan fingerprint density at radius 2 is 1.96 bits per heavy atom. The molecule has 1 N–H and O–H groups in total. The van der Waals surface area contributed by atoms with Gasteiger partial charge >= 0.3 is 0 Å². The molecule has 2 heterocycles. The van der Waals surface area contributed by atoms with Crippen molar-refractivity contribution in [3.63, 3.8) is 0 Å². The zero-order chi connectivity index (χ0) is 16.9. The number of rotatable bonds is 3. The highest BCUT2D eigenvalue weighted by Gasteiger charge is 2.28. The van der Waals surface area contributed by atoms with Crippen LogP contribution in [0.3, 0.4) is 0 Å². The number of aliphatic hydroxyl groups is 1. The Bertz CT molecular complexity index is 627. The van der Waals surface area contributed by atoms with E-state index in [0.29, 0.717) is 26.1 Å². The molecule has 1 saturated heterocycles. The minimum absolute atomic E-state index is 0.0426. The van der Waals surface area contributed by atoms with Gasteiger partial charge in [-0.1, -0.05) is 36.4 Å². The number of carbonyl (C=O) groups excluding carboxylic acids is 2. The maximum Gasteiger partial charge on any atom is 0.251 e. The number of benzene rings is 1. The van der Waals surface area contributed by atoms with E-state index in [1.165, 1.54) is 4.90 Å². The summed E-state index contributed by atoms with van der Waals surface area (Å²) in [6, 6.07) is 10.1. The second kappa shape index (κ2) is 7.62. The fourth-order valence-electron chi connectivity index (χ4n) is 3.32.